The molecule has 24 heavy (non-hydrogen) atoms. The topological polar surface area (TPSA) is 67.7 Å². The Hall–Kier alpha value is -2.67. The highest BCUT2D eigenvalue weighted by atomic mass is 16.7. The van der Waals surface area contributed by atoms with Gasteiger partial charge in [-0.2, -0.15) is 0 Å². The van der Waals surface area contributed by atoms with Gasteiger partial charge in [-0.15, -0.1) is 0 Å². The lowest BCUT2D eigenvalue weighted by Gasteiger charge is -2.26. The van der Waals surface area contributed by atoms with Crippen LogP contribution in [0.3, 0.4) is 0 Å². The van der Waals surface area contributed by atoms with E-state index in [4.69, 9.17) is 4.84 Å². The Labute approximate surface area is 140 Å². The fourth-order valence-electron chi connectivity index (χ4n) is 2.96. The van der Waals surface area contributed by atoms with Crippen LogP contribution in [0.1, 0.15) is 23.3 Å². The lowest BCUT2D eigenvalue weighted by Crippen LogP contribution is -2.46. The van der Waals surface area contributed by atoms with E-state index in [0.29, 0.717) is 18.7 Å². The Morgan fingerprint density at radius 3 is 2.75 bits per heavy atom. The minimum absolute atomic E-state index is 0.197. The number of hydroxylamine groups is 2. The van der Waals surface area contributed by atoms with Gasteiger partial charge in [0.1, 0.15) is 11.7 Å². The number of likely N-dealkylation sites (N-methyl/N-ethyl adjacent to an activating group) is 1. The first-order valence-electron chi connectivity index (χ1n) is 7.84. The third kappa shape index (κ3) is 2.90. The molecule has 0 N–H and O–H groups in total. The molecular weight excluding hydrogens is 308 g/mol. The number of hydrogen-bond acceptors (Lipinski definition) is 4. The molecule has 1 atom stereocenters. The third-order valence-corrected chi connectivity index (χ3v) is 4.27. The van der Waals surface area contributed by atoms with E-state index in [1.165, 1.54) is 18.4 Å². The molecule has 1 aliphatic rings. The van der Waals surface area contributed by atoms with E-state index in [-0.39, 0.29) is 11.8 Å². The van der Waals surface area contributed by atoms with Crippen LogP contribution in [0.4, 0.5) is 0 Å². The molecule has 7 heteroatoms. The summed E-state index contributed by atoms with van der Waals surface area (Å²) in [6.07, 6.45) is 4.57. The highest BCUT2D eigenvalue weighted by molar-refractivity contribution is 5.97. The van der Waals surface area contributed by atoms with E-state index < -0.39 is 6.04 Å². The van der Waals surface area contributed by atoms with E-state index in [0.717, 1.165) is 12.1 Å². The van der Waals surface area contributed by atoms with E-state index in [1.54, 1.807) is 22.8 Å². The number of nitrogens with zero attached hydrogens (tertiary/aromatic N) is 4. The van der Waals surface area contributed by atoms with Gasteiger partial charge in [-0.05, 0) is 25.0 Å². The van der Waals surface area contributed by atoms with E-state index in [1.807, 2.05) is 30.3 Å². The molecule has 2 amide bonds. The second kappa shape index (κ2) is 6.84. The maximum atomic E-state index is 13.0. The first-order valence-corrected chi connectivity index (χ1v) is 7.84. The van der Waals surface area contributed by atoms with Gasteiger partial charge in [-0.3, -0.25) is 19.0 Å². The lowest BCUT2D eigenvalue weighted by atomic mass is 10.2. The van der Waals surface area contributed by atoms with Gasteiger partial charge in [0.2, 0.25) is 0 Å². The van der Waals surface area contributed by atoms with Gasteiger partial charge in [0.25, 0.3) is 11.8 Å². The van der Waals surface area contributed by atoms with Gasteiger partial charge in [0, 0.05) is 19.3 Å². The molecule has 1 saturated heterocycles. The summed E-state index contributed by atoms with van der Waals surface area (Å²) in [5, 5.41) is 1.17. The number of hydrogen-bond donors (Lipinski definition) is 0. The van der Waals surface area contributed by atoms with Crippen molar-refractivity contribution < 1.29 is 14.4 Å². The summed E-state index contributed by atoms with van der Waals surface area (Å²) in [5.74, 6) is -0.411. The fourth-order valence-corrected chi connectivity index (χ4v) is 2.96. The molecule has 3 rings (SSSR count). The smallest absolute Gasteiger partial charge is 0.273 e. The molecule has 0 radical (unpaired) electrons. The van der Waals surface area contributed by atoms with Crippen molar-refractivity contribution in [2.75, 3.05) is 20.7 Å². The normalized spacial score (nSPS) is 17.1. The summed E-state index contributed by atoms with van der Waals surface area (Å²) in [7, 11) is 2.99. The van der Waals surface area contributed by atoms with Crippen LogP contribution in [-0.2, 0) is 9.63 Å². The second-order valence-electron chi connectivity index (χ2n) is 5.66. The molecular formula is C17H20N4O3. The second-order valence-corrected chi connectivity index (χ2v) is 5.66. The van der Waals surface area contributed by atoms with Gasteiger partial charge in [0.05, 0.1) is 19.6 Å². The maximum absolute atomic E-state index is 13.0. The Morgan fingerprint density at radius 1 is 1.29 bits per heavy atom. The van der Waals surface area contributed by atoms with Crippen LogP contribution in [0, 0.1) is 0 Å². The standard InChI is InChI=1S/C17H20N4O3/c1-19(24-2)16(22)14-9-6-10-20(14)17(23)15-11-18-12-21(15)13-7-4-3-5-8-13/h3-5,7-8,11-12,14H,6,9-10H2,1-2H3. The Bertz CT molecular complexity index is 728. The number of rotatable bonds is 4. The van der Waals surface area contributed by atoms with Crippen LogP contribution in [0.15, 0.2) is 42.9 Å². The number of para-hydroxylation sites is 1. The molecule has 126 valence electrons. The first kappa shape index (κ1) is 16.2. The van der Waals surface area contributed by atoms with Crippen molar-refractivity contribution in [2.24, 2.45) is 0 Å². The first-order chi connectivity index (χ1) is 11.6. The molecule has 0 saturated carbocycles. The number of benzene rings is 1. The summed E-state index contributed by atoms with van der Waals surface area (Å²) >= 11 is 0. The van der Waals surface area contributed by atoms with Gasteiger partial charge in [0.15, 0.2) is 0 Å². The van der Waals surface area contributed by atoms with E-state index in [9.17, 15) is 9.59 Å². The minimum Gasteiger partial charge on any atom is -0.325 e. The van der Waals surface area contributed by atoms with Crippen LogP contribution in [0.25, 0.3) is 5.69 Å². The van der Waals surface area contributed by atoms with Crippen LogP contribution in [0.5, 0.6) is 0 Å². The molecule has 0 spiro atoms. The van der Waals surface area contributed by atoms with Crippen LogP contribution in [0.2, 0.25) is 0 Å². The molecule has 2 aromatic rings. The number of carbonyl (C=O) groups is 2. The maximum Gasteiger partial charge on any atom is 0.273 e. The van der Waals surface area contributed by atoms with Crippen LogP contribution in [-0.4, -0.2) is 58.1 Å². The number of amides is 2. The highest BCUT2D eigenvalue weighted by Gasteiger charge is 2.37. The average molecular weight is 328 g/mol. The summed E-state index contributed by atoms with van der Waals surface area (Å²) in [6.45, 7) is 0.548. The number of imidazole rings is 1. The third-order valence-electron chi connectivity index (χ3n) is 4.27. The summed E-state index contributed by atoms with van der Waals surface area (Å²) in [6, 6.07) is 9.03. The predicted octanol–water partition coefficient (Wildman–Crippen LogP) is 1.50. The molecule has 0 aliphatic carbocycles. The van der Waals surface area contributed by atoms with Gasteiger partial charge < -0.3 is 4.90 Å². The Morgan fingerprint density at radius 2 is 2.04 bits per heavy atom. The van der Waals surface area contributed by atoms with Gasteiger partial charge in [-0.1, -0.05) is 18.2 Å². The SMILES string of the molecule is CON(C)C(=O)C1CCCN1C(=O)c1cncn1-c1ccccc1. The van der Waals surface area contributed by atoms with Crippen molar-refractivity contribution in [2.45, 2.75) is 18.9 Å². The molecule has 1 unspecified atom stereocenters. The molecule has 2 heterocycles. The van der Waals surface area contributed by atoms with Crippen molar-refractivity contribution in [3.63, 3.8) is 0 Å². The molecule has 1 fully saturated rings. The summed E-state index contributed by atoms with van der Waals surface area (Å²) < 4.78 is 1.74. The molecule has 1 aromatic heterocycles. The molecule has 7 nitrogen and oxygen atoms in total. The fraction of sp³-hybridized carbons (Fsp3) is 0.353. The minimum atomic E-state index is -0.499. The van der Waals surface area contributed by atoms with Gasteiger partial charge in [-0.25, -0.2) is 10.0 Å². The van der Waals surface area contributed by atoms with E-state index in [2.05, 4.69) is 4.98 Å². The number of likely N-dealkylation sites (tertiary alicyclic amines) is 1. The van der Waals surface area contributed by atoms with Crippen molar-refractivity contribution in [3.8, 4) is 5.69 Å². The van der Waals surface area contributed by atoms with Crippen LogP contribution >= 0.6 is 0 Å². The number of aromatic nitrogens is 2. The van der Waals surface area contributed by atoms with Crippen molar-refractivity contribution in [3.05, 3.63) is 48.5 Å². The van der Waals surface area contributed by atoms with Crippen LogP contribution < -0.4 is 0 Å². The Balaban J connectivity index is 1.87. The monoisotopic (exact) mass is 328 g/mol. The van der Waals surface area contributed by atoms with Crippen molar-refractivity contribution in [1.82, 2.24) is 19.5 Å². The zero-order chi connectivity index (χ0) is 17.1. The van der Waals surface area contributed by atoms with Gasteiger partial charge >= 0.3 is 0 Å². The quantitative estimate of drug-likeness (QED) is 0.798. The molecule has 1 aliphatic heterocycles. The van der Waals surface area contributed by atoms with Crippen molar-refractivity contribution >= 4 is 11.8 Å². The van der Waals surface area contributed by atoms with E-state index >= 15 is 0 Å². The summed E-state index contributed by atoms with van der Waals surface area (Å²) in [4.78, 5) is 36.1. The highest BCUT2D eigenvalue weighted by Crippen LogP contribution is 2.23. The number of carbonyl (C=O) groups excluding carboxylic acids is 2. The van der Waals surface area contributed by atoms with Crippen molar-refractivity contribution in [1.29, 1.82) is 0 Å². The average Bonchev–Trinajstić information content (AvgIpc) is 3.29. The Kier molecular flexibility index (Phi) is 4.61. The largest absolute Gasteiger partial charge is 0.325 e. The lowest BCUT2D eigenvalue weighted by molar-refractivity contribution is -0.172. The zero-order valence-corrected chi connectivity index (χ0v) is 13.8. The predicted molar refractivity (Wildman–Crippen MR) is 87.4 cm³/mol. The zero-order valence-electron chi connectivity index (χ0n) is 13.8. The molecule has 0 bridgehead atoms. The summed E-state index contributed by atoms with van der Waals surface area (Å²) in [5.41, 5.74) is 1.30. The molecule has 1 aromatic carbocycles.